The van der Waals surface area contributed by atoms with Gasteiger partial charge in [-0.15, -0.1) is 5.34 Å². The Kier molecular flexibility index (Phi) is 219000. The number of hydrogen-bond acceptors (Lipinski definition) is 3. The van der Waals surface area contributed by atoms with Gasteiger partial charge in [0.05, 0.1) is 0 Å². The van der Waals surface area contributed by atoms with E-state index >= 15 is 0 Å². The Morgan fingerprint density at radius 2 is 0.615 bits per heavy atom. The van der Waals surface area contributed by atoms with E-state index < -0.39 is 0 Å². The molecule has 0 unspecified atom stereocenters. The molecule has 18 N–H and O–H groups in total. The summed E-state index contributed by atoms with van der Waals surface area (Å²) >= 11 is 0. The molecule has 12 nitrogen and oxygen atoms in total. The predicted molar refractivity (Wildman–Crippen MR) is 41.7 cm³/mol. The Hall–Kier alpha value is -0.441. The summed E-state index contributed by atoms with van der Waals surface area (Å²) in [6, 6.07) is 0. The largest absolute Gasteiger partial charge is 3.00 e. The fourth-order valence-electron chi connectivity index (χ4n) is 0. The van der Waals surface area contributed by atoms with Gasteiger partial charge in [-0.05, 0) is 0 Å². The van der Waals surface area contributed by atoms with Gasteiger partial charge in [-0.1, -0.05) is 0 Å². The van der Waals surface area contributed by atoms with Crippen LogP contribution in [0.2, 0.25) is 0 Å². The molecule has 95 valence electrons. The van der Waals surface area contributed by atoms with Gasteiger partial charge in [0.2, 0.25) is 0 Å². The minimum Gasteiger partial charge on any atom is -0.444 e. The van der Waals surface area contributed by atoms with Crippen LogP contribution in [-0.4, -0.2) is 49.3 Å². The van der Waals surface area contributed by atoms with Gasteiger partial charge in [-0.25, -0.2) is 0 Å². The summed E-state index contributed by atoms with van der Waals surface area (Å²) in [4.78, 5) is 8.00. The third kappa shape index (κ3) is 5440. The molecule has 0 spiro atoms. The van der Waals surface area contributed by atoms with Gasteiger partial charge in [-0.3, -0.25) is 0 Å². The first kappa shape index (κ1) is 690. The maximum Gasteiger partial charge on any atom is 3.00 e. The van der Waals surface area contributed by atoms with E-state index in [-0.39, 0.29) is 66.4 Å². The fraction of sp³-hybridized carbons (Fsp3) is 0. The SMILES string of the molecule is O.O.O.O.O.O.O.O.O.O=N[O-].[Fe+3]. The quantitative estimate of drug-likeness (QED) is 0.233. The van der Waals surface area contributed by atoms with E-state index in [1.54, 1.807) is 0 Å². The Morgan fingerprint density at radius 3 is 0.615 bits per heavy atom. The average molecular weight is 264 g/mol. The number of rotatable bonds is 0. The van der Waals surface area contributed by atoms with Crippen molar-refractivity contribution in [2.75, 3.05) is 0 Å². The van der Waals surface area contributed by atoms with Crippen molar-refractivity contribution >= 4 is 0 Å². The molecule has 0 fully saturated rings. The van der Waals surface area contributed by atoms with Crippen molar-refractivity contribution in [2.24, 2.45) is 5.34 Å². The molecule has 0 aliphatic carbocycles. The summed E-state index contributed by atoms with van der Waals surface area (Å²) in [5.74, 6) is 0. The van der Waals surface area contributed by atoms with Crippen molar-refractivity contribution < 1.29 is 66.4 Å². The maximum absolute atomic E-state index is 8.00. The second-order valence-electron chi connectivity index (χ2n) is 0.0745. The molecule has 1 radical (unpaired) electrons. The van der Waals surface area contributed by atoms with Crippen molar-refractivity contribution in [1.82, 2.24) is 0 Å². The molecule has 0 aliphatic heterocycles. The van der Waals surface area contributed by atoms with E-state index in [0.29, 0.717) is 0 Å². The van der Waals surface area contributed by atoms with Gasteiger partial charge in [0, 0.05) is 0 Å². The van der Waals surface area contributed by atoms with Crippen LogP contribution < -0.4 is 0 Å². The van der Waals surface area contributed by atoms with Gasteiger partial charge in [0.1, 0.15) is 0 Å². The smallest absolute Gasteiger partial charge is 0.444 e. The van der Waals surface area contributed by atoms with E-state index in [1.165, 1.54) is 0 Å². The zero-order valence-corrected chi connectivity index (χ0v) is 7.22. The molecule has 0 saturated heterocycles. The van der Waals surface area contributed by atoms with Gasteiger partial charge >= 0.3 is 17.1 Å². The van der Waals surface area contributed by atoms with Gasteiger partial charge < -0.3 is 59.4 Å². The Bertz CT molecular complexity index is 17.6. The van der Waals surface area contributed by atoms with Gasteiger partial charge in [-0.2, -0.15) is 0 Å². The van der Waals surface area contributed by atoms with Crippen molar-refractivity contribution in [3.8, 4) is 0 Å². The molecule has 13 heavy (non-hydrogen) atoms. The molecule has 0 bridgehead atoms. The second-order valence-corrected chi connectivity index (χ2v) is 0.0745. The molecular formula is H18FeNO11+2. The number of nitrogens with zero attached hydrogens (tertiary/aromatic N) is 1. The summed E-state index contributed by atoms with van der Waals surface area (Å²) in [7, 11) is 0. The van der Waals surface area contributed by atoms with Gasteiger partial charge in [0.25, 0.3) is 0 Å². The fourth-order valence-corrected chi connectivity index (χ4v) is 0. The minimum atomic E-state index is 0. The summed E-state index contributed by atoms with van der Waals surface area (Å²) < 4.78 is 0. The Balaban J connectivity index is -0.000000000444. The van der Waals surface area contributed by atoms with Crippen molar-refractivity contribution in [1.29, 1.82) is 0 Å². The molecule has 0 aliphatic rings. The van der Waals surface area contributed by atoms with Crippen LogP contribution in [0.5, 0.6) is 0 Å². The normalized spacial score (nSPS) is 0.923. The third-order valence-corrected chi connectivity index (χ3v) is 0. The molecular weight excluding hydrogens is 246 g/mol. The summed E-state index contributed by atoms with van der Waals surface area (Å²) in [6.45, 7) is 0. The molecule has 0 rings (SSSR count). The van der Waals surface area contributed by atoms with Crippen LogP contribution in [0.15, 0.2) is 5.34 Å². The molecule has 0 aromatic rings. The van der Waals surface area contributed by atoms with E-state index in [1.807, 2.05) is 0 Å². The van der Waals surface area contributed by atoms with Crippen LogP contribution in [0.4, 0.5) is 0 Å². The first-order valence-corrected chi connectivity index (χ1v) is 0.365. The monoisotopic (exact) mass is 264 g/mol. The minimum absolute atomic E-state index is 0. The molecule has 0 saturated carbocycles. The summed E-state index contributed by atoms with van der Waals surface area (Å²) in [5, 5.41) is 9.00. The first-order chi connectivity index (χ1) is 1.41. The van der Waals surface area contributed by atoms with E-state index in [2.05, 4.69) is 0 Å². The van der Waals surface area contributed by atoms with Gasteiger partial charge in [0.15, 0.2) is 0 Å². The van der Waals surface area contributed by atoms with Crippen molar-refractivity contribution in [3.05, 3.63) is 10.1 Å². The molecule has 0 atom stereocenters. The molecule has 0 aromatic carbocycles. The van der Waals surface area contributed by atoms with Crippen LogP contribution in [0, 0.1) is 10.1 Å². The zero-order valence-electron chi connectivity index (χ0n) is 6.12. The van der Waals surface area contributed by atoms with Crippen LogP contribution in [0.1, 0.15) is 0 Å². The second kappa shape index (κ2) is 4120. The van der Waals surface area contributed by atoms with Crippen molar-refractivity contribution in [2.45, 2.75) is 0 Å². The summed E-state index contributed by atoms with van der Waals surface area (Å²) in [5.41, 5.74) is 0. The van der Waals surface area contributed by atoms with E-state index in [0.717, 1.165) is 5.34 Å². The van der Waals surface area contributed by atoms with Crippen LogP contribution in [-0.2, 0) is 17.1 Å². The van der Waals surface area contributed by atoms with Crippen LogP contribution in [0.25, 0.3) is 0 Å². The predicted octanol–water partition coefficient (Wildman–Crippen LogP) is -7.17. The Morgan fingerprint density at radius 1 is 0.615 bits per heavy atom. The van der Waals surface area contributed by atoms with Crippen LogP contribution in [0.3, 0.4) is 0 Å². The zero-order chi connectivity index (χ0) is 2.71. The Labute approximate surface area is 82.7 Å². The molecule has 0 heterocycles. The first-order valence-electron chi connectivity index (χ1n) is 0.365. The topological polar surface area (TPSA) is 336 Å². The maximum atomic E-state index is 8.00. The standard InChI is InChI=1S/Fe.HNO2.9H2O/c;2-1-3;;;;;;;;;/h;(H,2,3);9*1H2/q+3;;;;;;;;;;/p-1. The molecule has 0 amide bonds. The summed E-state index contributed by atoms with van der Waals surface area (Å²) in [6.07, 6.45) is 0. The number of hydrogen-bond donors (Lipinski definition) is 0. The average Bonchev–Trinajstić information content (AvgIpc) is 0.918. The van der Waals surface area contributed by atoms with E-state index in [9.17, 15) is 0 Å². The van der Waals surface area contributed by atoms with Crippen LogP contribution >= 0.6 is 0 Å². The molecule has 13 heteroatoms. The van der Waals surface area contributed by atoms with E-state index in [4.69, 9.17) is 10.1 Å². The molecule has 0 aromatic heterocycles. The van der Waals surface area contributed by atoms with Crippen molar-refractivity contribution in [3.63, 3.8) is 0 Å². The third-order valence-electron chi connectivity index (χ3n) is 0.